The summed E-state index contributed by atoms with van der Waals surface area (Å²) in [5.41, 5.74) is 1.77. The fourth-order valence-electron chi connectivity index (χ4n) is 3.31. The molecule has 3 rings (SSSR count). The molecule has 0 spiro atoms. The fourth-order valence-corrected chi connectivity index (χ4v) is 3.31. The van der Waals surface area contributed by atoms with Gasteiger partial charge >= 0.3 is 6.03 Å². The summed E-state index contributed by atoms with van der Waals surface area (Å²) in [6, 6.07) is 11.9. The van der Waals surface area contributed by atoms with Crippen molar-refractivity contribution in [3.05, 3.63) is 48.2 Å². The lowest BCUT2D eigenvalue weighted by Gasteiger charge is -2.25. The molecule has 144 valence electrons. The number of urea groups is 1. The molecule has 1 saturated heterocycles. The molecule has 1 aliphatic heterocycles. The highest BCUT2D eigenvalue weighted by Crippen LogP contribution is 2.33. The van der Waals surface area contributed by atoms with Crippen LogP contribution in [-0.4, -0.2) is 36.2 Å². The number of unbranched alkanes of at least 4 members (excludes halogenated alkanes) is 1. The molecule has 0 saturated carbocycles. The van der Waals surface area contributed by atoms with E-state index in [0.29, 0.717) is 23.9 Å². The minimum Gasteiger partial charge on any atom is -0.488 e. The summed E-state index contributed by atoms with van der Waals surface area (Å²) in [6.45, 7) is 3.44. The molecule has 2 amide bonds. The molecule has 1 N–H and O–H groups in total. The maximum Gasteiger partial charge on any atom is 0.322 e. The number of nitrogens with zero attached hydrogens (tertiary/aromatic N) is 2. The Bertz CT molecular complexity index is 752. The van der Waals surface area contributed by atoms with Gasteiger partial charge in [0.15, 0.2) is 5.75 Å². The smallest absolute Gasteiger partial charge is 0.322 e. The second kappa shape index (κ2) is 9.26. The van der Waals surface area contributed by atoms with E-state index in [9.17, 15) is 4.79 Å². The number of hydrogen-bond donors (Lipinski definition) is 1. The monoisotopic (exact) mass is 369 g/mol. The van der Waals surface area contributed by atoms with Crippen LogP contribution in [0.4, 0.5) is 10.5 Å². The van der Waals surface area contributed by atoms with Gasteiger partial charge in [0.1, 0.15) is 0 Å². The highest BCUT2D eigenvalue weighted by molar-refractivity contribution is 5.90. The molecule has 1 aromatic heterocycles. The van der Waals surface area contributed by atoms with Crippen LogP contribution in [0.3, 0.4) is 0 Å². The van der Waals surface area contributed by atoms with Crippen molar-refractivity contribution in [2.45, 2.75) is 38.6 Å². The van der Waals surface area contributed by atoms with Crippen molar-refractivity contribution >= 4 is 11.7 Å². The number of amides is 2. The molecule has 27 heavy (non-hydrogen) atoms. The van der Waals surface area contributed by atoms with E-state index in [4.69, 9.17) is 9.47 Å². The number of rotatable bonds is 7. The van der Waals surface area contributed by atoms with Crippen molar-refractivity contribution in [2.75, 3.05) is 25.6 Å². The van der Waals surface area contributed by atoms with Crippen LogP contribution >= 0.6 is 0 Å². The van der Waals surface area contributed by atoms with Gasteiger partial charge in [0, 0.05) is 12.6 Å². The van der Waals surface area contributed by atoms with Crippen molar-refractivity contribution in [2.24, 2.45) is 0 Å². The molecule has 1 atom stereocenters. The number of nitrogens with one attached hydrogen (secondary N) is 1. The lowest BCUT2D eigenvalue weighted by molar-refractivity contribution is 0.207. The normalized spacial score (nSPS) is 16.2. The number of aromatic nitrogens is 1. The van der Waals surface area contributed by atoms with Crippen LogP contribution < -0.4 is 14.8 Å². The van der Waals surface area contributed by atoms with Crippen LogP contribution in [0.2, 0.25) is 0 Å². The largest absolute Gasteiger partial charge is 0.488 e. The second-order valence-corrected chi connectivity index (χ2v) is 6.63. The van der Waals surface area contributed by atoms with Gasteiger partial charge in [-0.2, -0.15) is 0 Å². The predicted molar refractivity (Wildman–Crippen MR) is 105 cm³/mol. The summed E-state index contributed by atoms with van der Waals surface area (Å²) in [6.07, 6.45) is 5.56. The maximum absolute atomic E-state index is 12.8. The Kier molecular flexibility index (Phi) is 6.52. The summed E-state index contributed by atoms with van der Waals surface area (Å²) in [5, 5.41) is 2.95. The first-order chi connectivity index (χ1) is 13.2. The Hall–Kier alpha value is -2.76. The Labute approximate surface area is 160 Å². The summed E-state index contributed by atoms with van der Waals surface area (Å²) in [4.78, 5) is 19.0. The second-order valence-electron chi connectivity index (χ2n) is 6.63. The first-order valence-corrected chi connectivity index (χ1v) is 9.52. The topological polar surface area (TPSA) is 63.7 Å². The van der Waals surface area contributed by atoms with Gasteiger partial charge < -0.3 is 19.7 Å². The minimum atomic E-state index is -0.118. The molecule has 6 nitrogen and oxygen atoms in total. The molecule has 2 heterocycles. The van der Waals surface area contributed by atoms with Crippen LogP contribution in [0, 0.1) is 0 Å². The van der Waals surface area contributed by atoms with Crippen LogP contribution in [0.1, 0.15) is 44.2 Å². The number of likely N-dealkylation sites (tertiary alicyclic amines) is 1. The van der Waals surface area contributed by atoms with Crippen LogP contribution in [0.5, 0.6) is 11.6 Å². The summed E-state index contributed by atoms with van der Waals surface area (Å²) >= 11 is 0. The first kappa shape index (κ1) is 19.0. The Morgan fingerprint density at radius 2 is 2.15 bits per heavy atom. The van der Waals surface area contributed by atoms with E-state index >= 15 is 0 Å². The zero-order valence-electron chi connectivity index (χ0n) is 16.0. The fraction of sp³-hybridized carbons (Fsp3) is 0.429. The summed E-state index contributed by atoms with van der Waals surface area (Å²) in [7, 11) is 1.56. The highest BCUT2D eigenvalue weighted by Gasteiger charge is 2.30. The van der Waals surface area contributed by atoms with Crippen LogP contribution in [0.15, 0.2) is 42.6 Å². The quantitative estimate of drug-likeness (QED) is 0.722. The number of anilines is 1. The molecular formula is C21H27N3O3. The van der Waals surface area contributed by atoms with Crippen molar-refractivity contribution in [3.8, 4) is 11.6 Å². The zero-order chi connectivity index (χ0) is 19.1. The zero-order valence-corrected chi connectivity index (χ0v) is 16.0. The molecular weight excluding hydrogens is 342 g/mol. The Balaban J connectivity index is 1.70. The molecule has 1 aliphatic rings. The average Bonchev–Trinajstić information content (AvgIpc) is 3.19. The third-order valence-corrected chi connectivity index (χ3v) is 4.72. The van der Waals surface area contributed by atoms with E-state index in [2.05, 4.69) is 29.4 Å². The van der Waals surface area contributed by atoms with E-state index in [-0.39, 0.29) is 12.1 Å². The molecule has 6 heteroatoms. The lowest BCUT2D eigenvalue weighted by Crippen LogP contribution is -2.34. The van der Waals surface area contributed by atoms with E-state index in [0.717, 1.165) is 32.2 Å². The lowest BCUT2D eigenvalue weighted by atomic mass is 10.1. The number of carbonyl (C=O) groups excluding carboxylic acids is 1. The Morgan fingerprint density at radius 3 is 2.89 bits per heavy atom. The predicted octanol–water partition coefficient (Wildman–Crippen LogP) is 4.64. The number of benzene rings is 1. The standard InChI is InChI=1S/C21H27N3O3/c1-3-4-13-27-19-14-17(15-22-20(19)26-2)23-21(25)24-12-8-11-18(24)16-9-6-5-7-10-16/h5-7,9-10,14-15,18H,3-4,8,11-13H2,1-2H3,(H,23,25). The van der Waals surface area contributed by atoms with Crippen molar-refractivity contribution < 1.29 is 14.3 Å². The summed E-state index contributed by atoms with van der Waals surface area (Å²) < 4.78 is 11.0. The van der Waals surface area contributed by atoms with E-state index in [1.54, 1.807) is 19.4 Å². The number of pyridine rings is 1. The molecule has 0 aliphatic carbocycles. The highest BCUT2D eigenvalue weighted by atomic mass is 16.5. The van der Waals surface area contributed by atoms with Crippen LogP contribution in [0.25, 0.3) is 0 Å². The number of carbonyl (C=O) groups is 1. The van der Waals surface area contributed by atoms with E-state index in [1.807, 2.05) is 23.1 Å². The van der Waals surface area contributed by atoms with Crippen LogP contribution in [-0.2, 0) is 0 Å². The molecule has 1 aromatic carbocycles. The van der Waals surface area contributed by atoms with Crippen molar-refractivity contribution in [1.29, 1.82) is 0 Å². The summed E-state index contributed by atoms with van der Waals surface area (Å²) in [5.74, 6) is 0.970. The number of methoxy groups -OCH3 is 1. The average molecular weight is 369 g/mol. The van der Waals surface area contributed by atoms with Gasteiger partial charge in [-0.1, -0.05) is 43.7 Å². The Morgan fingerprint density at radius 1 is 1.33 bits per heavy atom. The van der Waals surface area contributed by atoms with E-state index < -0.39 is 0 Å². The molecule has 2 aromatic rings. The van der Waals surface area contributed by atoms with Gasteiger partial charge in [0.05, 0.1) is 31.6 Å². The van der Waals surface area contributed by atoms with Gasteiger partial charge in [-0.05, 0) is 24.8 Å². The van der Waals surface area contributed by atoms with Crippen molar-refractivity contribution in [3.63, 3.8) is 0 Å². The van der Waals surface area contributed by atoms with E-state index in [1.165, 1.54) is 5.56 Å². The third kappa shape index (κ3) is 4.70. The molecule has 1 unspecified atom stereocenters. The van der Waals surface area contributed by atoms with Gasteiger partial charge in [-0.15, -0.1) is 0 Å². The third-order valence-electron chi connectivity index (χ3n) is 4.72. The SMILES string of the molecule is CCCCOc1cc(NC(=O)N2CCCC2c2ccccc2)cnc1OC. The van der Waals surface area contributed by atoms with Gasteiger partial charge in [-0.25, -0.2) is 9.78 Å². The van der Waals surface area contributed by atoms with Gasteiger partial charge in [0.25, 0.3) is 5.88 Å². The number of hydrogen-bond acceptors (Lipinski definition) is 4. The maximum atomic E-state index is 12.8. The molecule has 0 radical (unpaired) electrons. The van der Waals surface area contributed by atoms with Gasteiger partial charge in [0.2, 0.25) is 0 Å². The molecule has 1 fully saturated rings. The van der Waals surface area contributed by atoms with Gasteiger partial charge in [-0.3, -0.25) is 0 Å². The molecule has 0 bridgehead atoms. The number of ether oxygens (including phenoxy) is 2. The minimum absolute atomic E-state index is 0.109. The van der Waals surface area contributed by atoms with Crippen molar-refractivity contribution in [1.82, 2.24) is 9.88 Å². The first-order valence-electron chi connectivity index (χ1n) is 9.52.